The Balaban J connectivity index is 1.99. The smallest absolute Gasteiger partial charge is 0.119 e. The van der Waals surface area contributed by atoms with Crippen LogP contribution >= 0.6 is 27.5 Å². The van der Waals surface area contributed by atoms with Gasteiger partial charge in [0.25, 0.3) is 0 Å². The number of benzene rings is 2. The lowest BCUT2D eigenvalue weighted by Crippen LogP contribution is -2.01. The van der Waals surface area contributed by atoms with Crippen molar-refractivity contribution in [3.05, 3.63) is 69.7 Å². The summed E-state index contributed by atoms with van der Waals surface area (Å²) in [7, 11) is 0. The van der Waals surface area contributed by atoms with Crippen molar-refractivity contribution in [3.63, 3.8) is 0 Å². The van der Waals surface area contributed by atoms with Crippen LogP contribution in [-0.4, -0.2) is 6.61 Å². The largest absolute Gasteiger partial charge is 0.490 e. The van der Waals surface area contributed by atoms with E-state index < -0.39 is 0 Å². The maximum atomic E-state index is 6.15. The number of nitrogens with one attached hydrogen (secondary N) is 1. The van der Waals surface area contributed by atoms with E-state index in [1.165, 1.54) is 5.56 Å². The predicted molar refractivity (Wildman–Crippen MR) is 93.3 cm³/mol. The lowest BCUT2D eigenvalue weighted by molar-refractivity contribution is 0.363. The quantitative estimate of drug-likeness (QED) is 0.673. The van der Waals surface area contributed by atoms with Gasteiger partial charge in [0.15, 0.2) is 0 Å². The molecule has 0 spiro atoms. The Kier molecular flexibility index (Phi) is 5.71. The highest BCUT2D eigenvalue weighted by molar-refractivity contribution is 9.10. The van der Waals surface area contributed by atoms with E-state index in [2.05, 4.69) is 27.8 Å². The summed E-state index contributed by atoms with van der Waals surface area (Å²) in [5.74, 6) is 0.846. The number of halogens is 2. The standard InChI is InChI=1S/C17H17BrClNO/c1-3-8-21-14-6-4-13(5-7-14)11-20-17-10-16(19)12(2)9-15(17)18/h3-7,9-10,20H,1,8,11H2,2H3. The molecule has 0 saturated carbocycles. The monoisotopic (exact) mass is 365 g/mol. The lowest BCUT2D eigenvalue weighted by atomic mass is 10.2. The second kappa shape index (κ2) is 7.53. The van der Waals surface area contributed by atoms with E-state index in [-0.39, 0.29) is 0 Å². The van der Waals surface area contributed by atoms with Crippen molar-refractivity contribution in [2.75, 3.05) is 11.9 Å². The van der Waals surface area contributed by atoms with Crippen molar-refractivity contribution in [3.8, 4) is 5.75 Å². The topological polar surface area (TPSA) is 21.3 Å². The van der Waals surface area contributed by atoms with Gasteiger partial charge < -0.3 is 10.1 Å². The molecule has 0 atom stereocenters. The summed E-state index contributed by atoms with van der Waals surface area (Å²) in [6.45, 7) is 6.85. The van der Waals surface area contributed by atoms with Gasteiger partial charge in [0, 0.05) is 16.0 Å². The van der Waals surface area contributed by atoms with E-state index in [1.807, 2.05) is 43.3 Å². The highest BCUT2D eigenvalue weighted by Gasteiger charge is 2.04. The molecule has 1 N–H and O–H groups in total. The van der Waals surface area contributed by atoms with E-state index in [0.717, 1.165) is 33.0 Å². The molecule has 2 aromatic carbocycles. The first-order valence-corrected chi connectivity index (χ1v) is 7.79. The van der Waals surface area contributed by atoms with Crippen LogP contribution in [0.3, 0.4) is 0 Å². The zero-order chi connectivity index (χ0) is 15.2. The van der Waals surface area contributed by atoms with Gasteiger partial charge in [-0.15, -0.1) is 0 Å². The summed E-state index contributed by atoms with van der Waals surface area (Å²) < 4.78 is 6.47. The van der Waals surface area contributed by atoms with Crippen LogP contribution in [0.25, 0.3) is 0 Å². The lowest BCUT2D eigenvalue weighted by Gasteiger charge is -2.11. The van der Waals surface area contributed by atoms with Gasteiger partial charge in [0.1, 0.15) is 12.4 Å². The molecule has 0 unspecified atom stereocenters. The first kappa shape index (κ1) is 15.9. The average Bonchev–Trinajstić information content (AvgIpc) is 2.48. The summed E-state index contributed by atoms with van der Waals surface area (Å²) in [5.41, 5.74) is 3.21. The Morgan fingerprint density at radius 3 is 2.67 bits per heavy atom. The van der Waals surface area contributed by atoms with E-state index in [1.54, 1.807) is 6.08 Å². The molecule has 0 saturated heterocycles. The second-order valence-corrected chi connectivity index (χ2v) is 5.94. The molecule has 0 aromatic heterocycles. The molecule has 0 radical (unpaired) electrons. The van der Waals surface area contributed by atoms with Crippen LogP contribution < -0.4 is 10.1 Å². The first-order chi connectivity index (χ1) is 10.1. The number of hydrogen-bond donors (Lipinski definition) is 1. The number of ether oxygens (including phenoxy) is 1. The van der Waals surface area contributed by atoms with Crippen LogP contribution in [0.2, 0.25) is 5.02 Å². The van der Waals surface area contributed by atoms with Crippen LogP contribution in [0.5, 0.6) is 5.75 Å². The third-order valence-corrected chi connectivity index (χ3v) is 4.09. The molecule has 2 rings (SSSR count). The van der Waals surface area contributed by atoms with Crippen molar-refractivity contribution >= 4 is 33.2 Å². The summed E-state index contributed by atoms with van der Waals surface area (Å²) in [6, 6.07) is 11.9. The van der Waals surface area contributed by atoms with Crippen molar-refractivity contribution in [1.29, 1.82) is 0 Å². The molecule has 0 aliphatic rings. The van der Waals surface area contributed by atoms with Gasteiger partial charge in [-0.3, -0.25) is 0 Å². The molecule has 0 aliphatic heterocycles. The maximum absolute atomic E-state index is 6.15. The first-order valence-electron chi connectivity index (χ1n) is 6.62. The average molecular weight is 367 g/mol. The molecular weight excluding hydrogens is 350 g/mol. The van der Waals surface area contributed by atoms with Crippen molar-refractivity contribution in [2.24, 2.45) is 0 Å². The van der Waals surface area contributed by atoms with E-state index in [0.29, 0.717) is 6.61 Å². The molecule has 0 fully saturated rings. The van der Waals surface area contributed by atoms with E-state index >= 15 is 0 Å². The Hall–Kier alpha value is -1.45. The minimum Gasteiger partial charge on any atom is -0.490 e. The molecule has 0 amide bonds. The zero-order valence-electron chi connectivity index (χ0n) is 11.8. The molecule has 2 nitrogen and oxygen atoms in total. The van der Waals surface area contributed by atoms with Crippen LogP contribution in [0.1, 0.15) is 11.1 Å². The van der Waals surface area contributed by atoms with Crippen molar-refractivity contribution in [1.82, 2.24) is 0 Å². The molecule has 4 heteroatoms. The van der Waals surface area contributed by atoms with Crippen molar-refractivity contribution in [2.45, 2.75) is 13.5 Å². The van der Waals surface area contributed by atoms with Gasteiger partial charge in [-0.1, -0.05) is 36.4 Å². The minimum atomic E-state index is 0.520. The van der Waals surface area contributed by atoms with Gasteiger partial charge in [0.05, 0.1) is 5.69 Å². The third kappa shape index (κ3) is 4.51. The zero-order valence-corrected chi connectivity index (χ0v) is 14.2. The fourth-order valence-electron chi connectivity index (χ4n) is 1.84. The Morgan fingerprint density at radius 1 is 1.29 bits per heavy atom. The molecule has 110 valence electrons. The second-order valence-electron chi connectivity index (χ2n) is 4.68. The van der Waals surface area contributed by atoms with Gasteiger partial charge in [-0.05, 0) is 58.2 Å². The summed E-state index contributed by atoms with van der Waals surface area (Å²) in [4.78, 5) is 0. The summed E-state index contributed by atoms with van der Waals surface area (Å²) in [5, 5.41) is 4.13. The fourth-order valence-corrected chi connectivity index (χ4v) is 2.60. The highest BCUT2D eigenvalue weighted by atomic mass is 79.9. The normalized spacial score (nSPS) is 10.2. The van der Waals surface area contributed by atoms with Crippen molar-refractivity contribution < 1.29 is 4.74 Å². The van der Waals surface area contributed by atoms with E-state index in [4.69, 9.17) is 16.3 Å². The molecule has 0 aliphatic carbocycles. The maximum Gasteiger partial charge on any atom is 0.119 e. The van der Waals surface area contributed by atoms with Gasteiger partial charge in [0.2, 0.25) is 0 Å². The Bertz CT molecular complexity index is 625. The molecular formula is C17H17BrClNO. The Labute approximate surface area is 138 Å². The Morgan fingerprint density at radius 2 is 2.00 bits per heavy atom. The number of aryl methyl sites for hydroxylation is 1. The molecule has 0 heterocycles. The van der Waals surface area contributed by atoms with Crippen LogP contribution in [-0.2, 0) is 6.54 Å². The highest BCUT2D eigenvalue weighted by Crippen LogP contribution is 2.29. The summed E-state index contributed by atoms with van der Waals surface area (Å²) >= 11 is 9.70. The van der Waals surface area contributed by atoms with Crippen LogP contribution in [0.4, 0.5) is 5.69 Å². The molecule has 0 bridgehead atoms. The third-order valence-electron chi connectivity index (χ3n) is 3.02. The minimum absolute atomic E-state index is 0.520. The molecule has 2 aromatic rings. The van der Waals surface area contributed by atoms with Gasteiger partial charge >= 0.3 is 0 Å². The van der Waals surface area contributed by atoms with E-state index in [9.17, 15) is 0 Å². The van der Waals surface area contributed by atoms with Gasteiger partial charge in [-0.25, -0.2) is 0 Å². The predicted octanol–water partition coefficient (Wildman–Crippen LogP) is 5.59. The number of hydrogen-bond acceptors (Lipinski definition) is 2. The van der Waals surface area contributed by atoms with Crippen LogP contribution in [0.15, 0.2) is 53.5 Å². The number of rotatable bonds is 6. The number of anilines is 1. The fraction of sp³-hybridized carbons (Fsp3) is 0.176. The summed E-state index contributed by atoms with van der Waals surface area (Å²) in [6.07, 6.45) is 1.73. The van der Waals surface area contributed by atoms with Gasteiger partial charge in [-0.2, -0.15) is 0 Å². The molecule has 21 heavy (non-hydrogen) atoms. The SMILES string of the molecule is C=CCOc1ccc(CNc2cc(Cl)c(C)cc2Br)cc1. The van der Waals surface area contributed by atoms with Crippen LogP contribution in [0, 0.1) is 6.92 Å².